The summed E-state index contributed by atoms with van der Waals surface area (Å²) < 4.78 is 3.69. The molecule has 3 heterocycles. The third-order valence-electron chi connectivity index (χ3n) is 2.78. The molecule has 0 fully saturated rings. The van der Waals surface area contributed by atoms with Crippen molar-refractivity contribution in [2.45, 2.75) is 12.8 Å². The zero-order valence-corrected chi connectivity index (χ0v) is 10.9. The van der Waals surface area contributed by atoms with E-state index in [1.165, 1.54) is 0 Å². The van der Waals surface area contributed by atoms with Crippen molar-refractivity contribution in [3.63, 3.8) is 0 Å². The Hall–Kier alpha value is -1.88. The normalized spacial score (nSPS) is 11.3. The van der Waals surface area contributed by atoms with Gasteiger partial charge in [-0.3, -0.25) is 9.25 Å². The Morgan fingerprint density at radius 3 is 2.78 bits per heavy atom. The lowest BCUT2D eigenvalue weighted by atomic mass is 10.3. The number of fused-ring (bicyclic) bond motifs is 1. The standard InChI is InChI=1S/C12H12ClN5/c1-8-3-4-10-12(15-8)18(11(5-13)16-10)9-6-14-17(2)7-9/h3-4,6-7H,5H2,1-2H3. The Labute approximate surface area is 109 Å². The van der Waals surface area contributed by atoms with Crippen molar-refractivity contribution in [3.05, 3.63) is 36.0 Å². The van der Waals surface area contributed by atoms with Crippen LogP contribution in [-0.4, -0.2) is 24.3 Å². The van der Waals surface area contributed by atoms with Crippen molar-refractivity contribution in [1.29, 1.82) is 0 Å². The van der Waals surface area contributed by atoms with Gasteiger partial charge in [0.15, 0.2) is 5.65 Å². The third kappa shape index (κ3) is 1.67. The van der Waals surface area contributed by atoms with Crippen LogP contribution >= 0.6 is 11.6 Å². The van der Waals surface area contributed by atoms with Gasteiger partial charge < -0.3 is 0 Å². The second kappa shape index (κ2) is 4.10. The van der Waals surface area contributed by atoms with Gasteiger partial charge in [-0.1, -0.05) is 0 Å². The first-order chi connectivity index (χ1) is 8.69. The van der Waals surface area contributed by atoms with Crippen LogP contribution in [0.25, 0.3) is 16.9 Å². The first-order valence-corrected chi connectivity index (χ1v) is 6.12. The molecule has 0 N–H and O–H groups in total. The zero-order chi connectivity index (χ0) is 12.7. The lowest BCUT2D eigenvalue weighted by molar-refractivity contribution is 0.767. The molecule has 3 rings (SSSR count). The van der Waals surface area contributed by atoms with Gasteiger partial charge in [0.2, 0.25) is 0 Å². The lowest BCUT2D eigenvalue weighted by Gasteiger charge is -2.03. The van der Waals surface area contributed by atoms with Crippen LogP contribution in [-0.2, 0) is 12.9 Å². The van der Waals surface area contributed by atoms with Gasteiger partial charge in [0, 0.05) is 18.9 Å². The first kappa shape index (κ1) is 11.2. The summed E-state index contributed by atoms with van der Waals surface area (Å²) in [4.78, 5) is 9.02. The average molecular weight is 262 g/mol. The topological polar surface area (TPSA) is 48.5 Å². The van der Waals surface area contributed by atoms with Crippen molar-refractivity contribution >= 4 is 22.8 Å². The van der Waals surface area contributed by atoms with Crippen LogP contribution in [0.3, 0.4) is 0 Å². The number of aryl methyl sites for hydroxylation is 2. The number of rotatable bonds is 2. The minimum absolute atomic E-state index is 0.338. The first-order valence-electron chi connectivity index (χ1n) is 5.59. The van der Waals surface area contributed by atoms with E-state index in [9.17, 15) is 0 Å². The molecule has 18 heavy (non-hydrogen) atoms. The molecular formula is C12H12ClN5. The molecular weight excluding hydrogens is 250 g/mol. The van der Waals surface area contributed by atoms with Gasteiger partial charge in [0.05, 0.1) is 17.8 Å². The molecule has 0 aliphatic carbocycles. The molecule has 0 amide bonds. The van der Waals surface area contributed by atoms with Gasteiger partial charge in [-0.2, -0.15) is 5.10 Å². The summed E-state index contributed by atoms with van der Waals surface area (Å²) in [7, 11) is 1.88. The number of hydrogen-bond acceptors (Lipinski definition) is 3. The van der Waals surface area contributed by atoms with E-state index in [1.807, 2.05) is 36.9 Å². The summed E-state index contributed by atoms with van der Waals surface area (Å²) in [5, 5.41) is 4.17. The molecule has 0 saturated carbocycles. The smallest absolute Gasteiger partial charge is 0.165 e. The van der Waals surface area contributed by atoms with Crippen LogP contribution in [0.2, 0.25) is 0 Å². The summed E-state index contributed by atoms with van der Waals surface area (Å²) in [5.74, 6) is 1.11. The van der Waals surface area contributed by atoms with E-state index < -0.39 is 0 Å². The molecule has 0 unspecified atom stereocenters. The van der Waals surface area contributed by atoms with Crippen molar-refractivity contribution in [2.75, 3.05) is 0 Å². The van der Waals surface area contributed by atoms with E-state index in [4.69, 9.17) is 11.6 Å². The van der Waals surface area contributed by atoms with E-state index in [0.29, 0.717) is 5.88 Å². The van der Waals surface area contributed by atoms with Gasteiger partial charge in [-0.25, -0.2) is 9.97 Å². The number of alkyl halides is 1. The maximum Gasteiger partial charge on any atom is 0.165 e. The fraction of sp³-hybridized carbons (Fsp3) is 0.250. The van der Waals surface area contributed by atoms with Gasteiger partial charge >= 0.3 is 0 Å². The highest BCUT2D eigenvalue weighted by Gasteiger charge is 2.14. The third-order valence-corrected chi connectivity index (χ3v) is 3.02. The minimum atomic E-state index is 0.338. The van der Waals surface area contributed by atoms with E-state index in [-0.39, 0.29) is 0 Å². The lowest BCUT2D eigenvalue weighted by Crippen LogP contribution is -1.99. The second-order valence-electron chi connectivity index (χ2n) is 4.16. The zero-order valence-electron chi connectivity index (χ0n) is 10.1. The number of aromatic nitrogens is 5. The molecule has 5 nitrogen and oxygen atoms in total. The molecule has 6 heteroatoms. The SMILES string of the molecule is Cc1ccc2nc(CCl)n(-c3cnn(C)c3)c2n1. The monoisotopic (exact) mass is 261 g/mol. The van der Waals surface area contributed by atoms with Crippen LogP contribution in [0.5, 0.6) is 0 Å². The predicted octanol–water partition coefficient (Wildman–Crippen LogP) is 2.20. The molecule has 3 aromatic heterocycles. The van der Waals surface area contributed by atoms with Crippen LogP contribution < -0.4 is 0 Å². The number of imidazole rings is 1. The van der Waals surface area contributed by atoms with Gasteiger partial charge in [0.1, 0.15) is 11.3 Å². The highest BCUT2D eigenvalue weighted by Crippen LogP contribution is 2.21. The molecule has 3 aromatic rings. The summed E-state index contributed by atoms with van der Waals surface area (Å²) in [6.45, 7) is 1.96. The molecule has 92 valence electrons. The number of hydrogen-bond donors (Lipinski definition) is 0. The highest BCUT2D eigenvalue weighted by atomic mass is 35.5. The largest absolute Gasteiger partial charge is 0.276 e. The summed E-state index contributed by atoms with van der Waals surface area (Å²) in [6, 6.07) is 3.90. The Kier molecular flexibility index (Phi) is 2.56. The van der Waals surface area contributed by atoms with Crippen LogP contribution in [0.15, 0.2) is 24.5 Å². The molecule has 0 saturated heterocycles. The Morgan fingerprint density at radius 1 is 1.28 bits per heavy atom. The van der Waals surface area contributed by atoms with E-state index in [2.05, 4.69) is 15.1 Å². The molecule has 0 aliphatic heterocycles. The molecule has 0 atom stereocenters. The van der Waals surface area contributed by atoms with Crippen molar-refractivity contribution < 1.29 is 0 Å². The van der Waals surface area contributed by atoms with Gasteiger partial charge in [-0.15, -0.1) is 11.6 Å². The quantitative estimate of drug-likeness (QED) is 0.665. The second-order valence-corrected chi connectivity index (χ2v) is 4.43. The molecule has 0 spiro atoms. The van der Waals surface area contributed by atoms with E-state index in [1.54, 1.807) is 10.9 Å². The minimum Gasteiger partial charge on any atom is -0.276 e. The Morgan fingerprint density at radius 2 is 2.11 bits per heavy atom. The Bertz CT molecular complexity index is 712. The van der Waals surface area contributed by atoms with Crippen LogP contribution in [0.4, 0.5) is 0 Å². The van der Waals surface area contributed by atoms with Crippen LogP contribution in [0.1, 0.15) is 11.5 Å². The van der Waals surface area contributed by atoms with Crippen LogP contribution in [0, 0.1) is 6.92 Å². The molecule has 0 aliphatic rings. The maximum atomic E-state index is 5.96. The Balaban J connectivity index is 2.34. The summed E-state index contributed by atoms with van der Waals surface area (Å²) >= 11 is 5.96. The summed E-state index contributed by atoms with van der Waals surface area (Å²) in [6.07, 6.45) is 3.70. The fourth-order valence-electron chi connectivity index (χ4n) is 1.98. The van der Waals surface area contributed by atoms with Crippen molar-refractivity contribution in [3.8, 4) is 5.69 Å². The highest BCUT2D eigenvalue weighted by molar-refractivity contribution is 6.16. The van der Waals surface area contributed by atoms with Gasteiger partial charge in [-0.05, 0) is 19.1 Å². The number of halogens is 1. The fourth-order valence-corrected chi connectivity index (χ4v) is 2.16. The number of nitrogens with zero attached hydrogens (tertiary/aromatic N) is 5. The molecule has 0 aromatic carbocycles. The number of pyridine rings is 1. The molecule has 0 bridgehead atoms. The van der Waals surface area contributed by atoms with Crippen molar-refractivity contribution in [1.82, 2.24) is 24.3 Å². The predicted molar refractivity (Wildman–Crippen MR) is 69.9 cm³/mol. The van der Waals surface area contributed by atoms with E-state index >= 15 is 0 Å². The van der Waals surface area contributed by atoms with Crippen molar-refractivity contribution in [2.24, 2.45) is 7.05 Å². The van der Waals surface area contributed by atoms with E-state index in [0.717, 1.165) is 28.4 Å². The van der Waals surface area contributed by atoms with Gasteiger partial charge in [0.25, 0.3) is 0 Å². The maximum absolute atomic E-state index is 5.96. The average Bonchev–Trinajstić information content (AvgIpc) is 2.91. The summed E-state index contributed by atoms with van der Waals surface area (Å²) in [5.41, 5.74) is 3.54. The molecule has 0 radical (unpaired) electrons.